The van der Waals surface area contributed by atoms with Gasteiger partial charge in [-0.05, 0) is 6.92 Å². The third kappa shape index (κ3) is 3.31. The molecular weight excluding hydrogens is 262 g/mol. The lowest BCUT2D eigenvalue weighted by Gasteiger charge is -2.14. The molecule has 0 fully saturated rings. The van der Waals surface area contributed by atoms with Gasteiger partial charge in [-0.2, -0.15) is 5.10 Å². The number of carbonyl (C=O) groups excluding carboxylic acids is 1. The Bertz CT molecular complexity index is 562. The summed E-state index contributed by atoms with van der Waals surface area (Å²) >= 11 is 1.48. The molecule has 2 aromatic rings. The third-order valence-corrected chi connectivity index (χ3v) is 3.56. The molecule has 1 N–H and O–H groups in total. The Hall–Kier alpha value is -1.89. The van der Waals surface area contributed by atoms with Crippen LogP contribution in [0.4, 0.5) is 10.8 Å². The van der Waals surface area contributed by atoms with Crippen LogP contribution >= 0.6 is 11.3 Å². The lowest BCUT2D eigenvalue weighted by Crippen LogP contribution is -2.27. The van der Waals surface area contributed by atoms with Gasteiger partial charge < -0.3 is 5.32 Å². The highest BCUT2D eigenvalue weighted by Crippen LogP contribution is 2.21. The maximum atomic E-state index is 11.4. The van der Waals surface area contributed by atoms with Crippen LogP contribution in [-0.4, -0.2) is 27.2 Å². The van der Waals surface area contributed by atoms with Crippen molar-refractivity contribution in [3.8, 4) is 0 Å². The average Bonchev–Trinajstić information content (AvgIpc) is 2.96. The van der Waals surface area contributed by atoms with Crippen LogP contribution in [0, 0.1) is 0 Å². The molecule has 19 heavy (non-hydrogen) atoms. The van der Waals surface area contributed by atoms with Gasteiger partial charge in [0, 0.05) is 32.1 Å². The van der Waals surface area contributed by atoms with Crippen LogP contribution in [0.1, 0.15) is 19.5 Å². The van der Waals surface area contributed by atoms with Crippen LogP contribution in [-0.2, 0) is 18.4 Å². The van der Waals surface area contributed by atoms with Gasteiger partial charge in [0.2, 0.25) is 5.91 Å². The molecule has 1 amide bonds. The van der Waals surface area contributed by atoms with Gasteiger partial charge >= 0.3 is 0 Å². The summed E-state index contributed by atoms with van der Waals surface area (Å²) < 4.78 is 1.74. The van der Waals surface area contributed by atoms with E-state index in [1.165, 1.54) is 11.3 Å². The van der Waals surface area contributed by atoms with Crippen LogP contribution in [0.3, 0.4) is 0 Å². The Labute approximate surface area is 116 Å². The summed E-state index contributed by atoms with van der Waals surface area (Å²) in [7, 11) is 1.87. The molecule has 2 rings (SSSR count). The number of rotatable bonds is 5. The summed E-state index contributed by atoms with van der Waals surface area (Å²) in [5, 5.41) is 10.0. The standard InChI is InChI=1S/C12H17N5OS/c1-4-17(9(2)18)12-15-11(8-19-12)5-13-10-6-14-16(3)7-10/h6-8,13H,4-5H2,1-3H3. The highest BCUT2D eigenvalue weighted by atomic mass is 32.1. The van der Waals surface area contributed by atoms with E-state index in [0.29, 0.717) is 13.1 Å². The van der Waals surface area contributed by atoms with Crippen molar-refractivity contribution in [1.29, 1.82) is 0 Å². The van der Waals surface area contributed by atoms with Crippen LogP contribution < -0.4 is 10.2 Å². The Morgan fingerprint density at radius 1 is 1.58 bits per heavy atom. The van der Waals surface area contributed by atoms with Gasteiger partial charge in [0.05, 0.1) is 24.1 Å². The van der Waals surface area contributed by atoms with Crippen molar-refractivity contribution in [3.63, 3.8) is 0 Å². The number of carbonyl (C=O) groups is 1. The van der Waals surface area contributed by atoms with Crippen molar-refractivity contribution in [1.82, 2.24) is 14.8 Å². The number of hydrogen-bond acceptors (Lipinski definition) is 5. The molecule has 0 saturated carbocycles. The second-order valence-corrected chi connectivity index (χ2v) is 4.98. The van der Waals surface area contributed by atoms with Gasteiger partial charge in [-0.15, -0.1) is 11.3 Å². The summed E-state index contributed by atoms with van der Waals surface area (Å²) in [5.74, 6) is 0.0172. The van der Waals surface area contributed by atoms with Crippen LogP contribution in [0.15, 0.2) is 17.8 Å². The fourth-order valence-corrected chi connectivity index (χ4v) is 2.63. The highest BCUT2D eigenvalue weighted by Gasteiger charge is 2.13. The van der Waals surface area contributed by atoms with E-state index in [2.05, 4.69) is 15.4 Å². The average molecular weight is 279 g/mol. The third-order valence-electron chi connectivity index (χ3n) is 2.65. The van der Waals surface area contributed by atoms with Crippen LogP contribution in [0.2, 0.25) is 0 Å². The number of anilines is 2. The zero-order valence-corrected chi connectivity index (χ0v) is 12.1. The first-order chi connectivity index (χ1) is 9.10. The van der Waals surface area contributed by atoms with E-state index in [9.17, 15) is 4.79 Å². The Kier molecular flexibility index (Phi) is 4.16. The molecule has 0 aliphatic heterocycles. The second-order valence-electron chi connectivity index (χ2n) is 4.14. The molecule has 2 heterocycles. The normalized spacial score (nSPS) is 10.5. The van der Waals surface area contributed by atoms with Crippen LogP contribution in [0.5, 0.6) is 0 Å². The Morgan fingerprint density at radius 3 is 2.95 bits per heavy atom. The Morgan fingerprint density at radius 2 is 2.37 bits per heavy atom. The zero-order chi connectivity index (χ0) is 13.8. The molecule has 0 saturated heterocycles. The fourth-order valence-electron chi connectivity index (χ4n) is 1.70. The van der Waals surface area contributed by atoms with Gasteiger partial charge in [-0.3, -0.25) is 14.4 Å². The molecule has 102 valence electrons. The number of amides is 1. The van der Waals surface area contributed by atoms with E-state index in [-0.39, 0.29) is 5.91 Å². The lowest BCUT2D eigenvalue weighted by atomic mass is 10.4. The number of aromatic nitrogens is 3. The van der Waals surface area contributed by atoms with Crippen molar-refractivity contribution in [2.75, 3.05) is 16.8 Å². The molecule has 0 aromatic carbocycles. The van der Waals surface area contributed by atoms with E-state index in [1.54, 1.807) is 22.7 Å². The SMILES string of the molecule is CCN(C(C)=O)c1nc(CNc2cnn(C)c2)cs1. The summed E-state index contributed by atoms with van der Waals surface area (Å²) in [6.07, 6.45) is 3.67. The maximum absolute atomic E-state index is 11.4. The highest BCUT2D eigenvalue weighted by molar-refractivity contribution is 7.14. The molecule has 0 aliphatic carbocycles. The van der Waals surface area contributed by atoms with Crippen LogP contribution in [0.25, 0.3) is 0 Å². The summed E-state index contributed by atoms with van der Waals surface area (Å²) in [6.45, 7) is 4.75. The number of hydrogen-bond donors (Lipinski definition) is 1. The molecule has 0 aliphatic rings. The first kappa shape index (κ1) is 13.5. The number of nitrogens with one attached hydrogen (secondary N) is 1. The largest absolute Gasteiger partial charge is 0.377 e. The van der Waals surface area contributed by atoms with Gasteiger partial charge in [0.1, 0.15) is 0 Å². The molecule has 0 unspecified atom stereocenters. The van der Waals surface area contributed by atoms with Gasteiger partial charge in [-0.25, -0.2) is 4.98 Å². The first-order valence-electron chi connectivity index (χ1n) is 6.05. The summed E-state index contributed by atoms with van der Waals surface area (Å²) in [4.78, 5) is 17.6. The molecular formula is C12H17N5OS. The van der Waals surface area contributed by atoms with E-state index >= 15 is 0 Å². The number of thiazole rings is 1. The molecule has 2 aromatic heterocycles. The first-order valence-corrected chi connectivity index (χ1v) is 6.93. The fraction of sp³-hybridized carbons (Fsp3) is 0.417. The molecule has 6 nitrogen and oxygen atoms in total. The van der Waals surface area contributed by atoms with Crippen molar-refractivity contribution < 1.29 is 4.79 Å². The topological polar surface area (TPSA) is 63.1 Å². The smallest absolute Gasteiger partial charge is 0.225 e. The maximum Gasteiger partial charge on any atom is 0.225 e. The molecule has 0 bridgehead atoms. The minimum absolute atomic E-state index is 0.0172. The minimum Gasteiger partial charge on any atom is -0.377 e. The van der Waals surface area contributed by atoms with Gasteiger partial charge in [0.25, 0.3) is 0 Å². The number of nitrogens with zero attached hydrogens (tertiary/aromatic N) is 4. The summed E-state index contributed by atoms with van der Waals surface area (Å²) in [6, 6.07) is 0. The van der Waals surface area contributed by atoms with Crippen molar-refractivity contribution in [2.45, 2.75) is 20.4 Å². The monoisotopic (exact) mass is 279 g/mol. The van der Waals surface area contributed by atoms with E-state index in [1.807, 2.05) is 25.5 Å². The molecule has 0 atom stereocenters. The van der Waals surface area contributed by atoms with Gasteiger partial charge in [0.15, 0.2) is 5.13 Å². The lowest BCUT2D eigenvalue weighted by molar-refractivity contribution is -0.116. The molecule has 0 radical (unpaired) electrons. The quantitative estimate of drug-likeness (QED) is 0.907. The zero-order valence-electron chi connectivity index (χ0n) is 11.3. The Balaban J connectivity index is 1.99. The predicted molar refractivity (Wildman–Crippen MR) is 76.3 cm³/mol. The van der Waals surface area contributed by atoms with Crippen molar-refractivity contribution >= 4 is 28.1 Å². The second kappa shape index (κ2) is 5.83. The molecule has 0 spiro atoms. The van der Waals surface area contributed by atoms with Gasteiger partial charge in [-0.1, -0.05) is 0 Å². The van der Waals surface area contributed by atoms with Crippen molar-refractivity contribution in [3.05, 3.63) is 23.5 Å². The predicted octanol–water partition coefficient (Wildman–Crippen LogP) is 1.86. The number of aryl methyl sites for hydroxylation is 1. The van der Waals surface area contributed by atoms with E-state index < -0.39 is 0 Å². The minimum atomic E-state index is 0.0172. The summed E-state index contributed by atoms with van der Waals surface area (Å²) in [5.41, 5.74) is 1.87. The van der Waals surface area contributed by atoms with E-state index in [0.717, 1.165) is 16.5 Å². The molecule has 7 heteroatoms. The van der Waals surface area contributed by atoms with E-state index in [4.69, 9.17) is 0 Å². The van der Waals surface area contributed by atoms with Crippen molar-refractivity contribution in [2.24, 2.45) is 7.05 Å².